The van der Waals surface area contributed by atoms with Crippen LogP contribution in [0.3, 0.4) is 0 Å². The van der Waals surface area contributed by atoms with Crippen molar-refractivity contribution in [2.24, 2.45) is 47.2 Å². The van der Waals surface area contributed by atoms with Crippen molar-refractivity contribution < 1.29 is 79.1 Å². The summed E-state index contributed by atoms with van der Waals surface area (Å²) >= 11 is 0. The summed E-state index contributed by atoms with van der Waals surface area (Å²) < 4.78 is 10.8. The highest BCUT2D eigenvalue weighted by atomic mass is 16.6. The van der Waals surface area contributed by atoms with E-state index >= 15 is 0 Å². The molecule has 0 aromatic heterocycles. The highest BCUT2D eigenvalue weighted by Gasteiger charge is 2.41. The molecule has 1 heterocycles. The van der Waals surface area contributed by atoms with Crippen molar-refractivity contribution in [2.75, 3.05) is 0 Å². The van der Waals surface area contributed by atoms with Crippen molar-refractivity contribution in [1.82, 2.24) is 0 Å². The average Bonchev–Trinajstić information content (AvgIpc) is 3.07. The van der Waals surface area contributed by atoms with Crippen molar-refractivity contribution in [3.63, 3.8) is 0 Å². The minimum atomic E-state index is -0.894. The Kier molecular flexibility index (Phi) is 33.6. The molecule has 58 heavy (non-hydrogen) atoms. The maximum absolute atomic E-state index is 12.0. The zero-order valence-corrected chi connectivity index (χ0v) is 36.0. The third-order valence-corrected chi connectivity index (χ3v) is 8.62. The number of hydrogen-bond donors (Lipinski definition) is 9. The fourth-order valence-corrected chi connectivity index (χ4v) is 5.80. The molecule has 0 saturated carbocycles. The van der Waals surface area contributed by atoms with Crippen molar-refractivity contribution in [3.05, 3.63) is 48.6 Å². The molecule has 0 aromatic carbocycles. The maximum Gasteiger partial charge on any atom is 0.404 e. The summed E-state index contributed by atoms with van der Waals surface area (Å²) in [7, 11) is 0. The summed E-state index contributed by atoms with van der Waals surface area (Å²) in [6.07, 6.45) is 6.04. The second-order valence-electron chi connectivity index (χ2n) is 14.5. The maximum atomic E-state index is 12.0. The van der Waals surface area contributed by atoms with Gasteiger partial charge in [-0.3, -0.25) is 24.0 Å². The van der Waals surface area contributed by atoms with Gasteiger partial charge >= 0.3 is 12.1 Å². The van der Waals surface area contributed by atoms with E-state index < -0.39 is 78.5 Å². The Hall–Kier alpha value is -4.58. The quantitative estimate of drug-likeness (QED) is 0.0580. The Morgan fingerprint density at radius 3 is 1.64 bits per heavy atom. The average molecular weight is 834 g/mol. The number of esters is 1. The van der Waals surface area contributed by atoms with Gasteiger partial charge in [-0.25, -0.2) is 4.79 Å². The Morgan fingerprint density at radius 1 is 0.776 bits per heavy atom. The molecule has 0 bridgehead atoms. The van der Waals surface area contributed by atoms with Crippen molar-refractivity contribution >= 4 is 35.9 Å². The number of carboxylic acid groups (broad SMARTS) is 4. The minimum absolute atomic E-state index is 0.152. The molecule has 1 aliphatic rings. The molecule has 17 nitrogen and oxygen atoms in total. The van der Waals surface area contributed by atoms with Crippen LogP contribution in [0.5, 0.6) is 0 Å². The number of allylic oxidation sites excluding steroid dienone is 3. The molecule has 13 atom stereocenters. The molecule has 0 spiro atoms. The highest BCUT2D eigenvalue weighted by Crippen LogP contribution is 2.30. The predicted octanol–water partition coefficient (Wildman–Crippen LogP) is 4.66. The Morgan fingerprint density at radius 2 is 1.22 bits per heavy atom. The van der Waals surface area contributed by atoms with Gasteiger partial charge in [-0.05, 0) is 26.2 Å². The van der Waals surface area contributed by atoms with Gasteiger partial charge in [0.25, 0.3) is 23.9 Å². The van der Waals surface area contributed by atoms with Crippen LogP contribution in [-0.2, 0) is 33.4 Å². The molecule has 0 aliphatic carbocycles. The van der Waals surface area contributed by atoms with Gasteiger partial charge in [0.05, 0.1) is 30.3 Å². The lowest BCUT2D eigenvalue weighted by Gasteiger charge is -2.36. The molecule has 0 aromatic rings. The lowest BCUT2D eigenvalue weighted by Crippen LogP contribution is -2.47. The molecular weight excluding hydrogens is 762 g/mol. The first kappa shape index (κ1) is 60.1. The Balaban J connectivity index is -0.000000769. The van der Waals surface area contributed by atoms with E-state index in [1.165, 1.54) is 0 Å². The molecule has 336 valence electrons. The molecule has 17 heteroatoms. The fourth-order valence-electron chi connectivity index (χ4n) is 5.80. The first-order valence-electron chi connectivity index (χ1n) is 18.8. The van der Waals surface area contributed by atoms with Crippen molar-refractivity contribution in [3.8, 4) is 0 Å². The molecule has 0 unspecified atom stereocenters. The number of rotatable bonds is 16. The second-order valence-corrected chi connectivity index (χ2v) is 14.5. The second kappa shape index (κ2) is 32.4. The van der Waals surface area contributed by atoms with Gasteiger partial charge < -0.3 is 56.1 Å². The van der Waals surface area contributed by atoms with Crippen LogP contribution in [0.1, 0.15) is 95.9 Å². The number of aliphatic carboxylic acids is 4. The van der Waals surface area contributed by atoms with E-state index in [0.717, 1.165) is 33.3 Å². The standard InChI is InChI=1S/C33H55NO8.4C2H4O2/c1-10-11-12-20(4)31(42-33(34)40)24(8)29(37)22(6)16-18(2)15-21(5)28(36)19(3)13-14-26(35)17-27-23(7)30(38)25(9)32(39)41-27;4*1-2(3)4/h10-15,19-31,35-38H,1,16-17H2,2-9H3,(H2,34,40);4*1H3,(H,3,4)/b12-11-,14-13-,18-15-;;;;/t19-,20-,21-,22-,23-,24-,25+,26+,27-,28-,29+,30-,31-;;;;/m0..../s1. The van der Waals surface area contributed by atoms with Gasteiger partial charge in [0, 0.05) is 63.7 Å². The van der Waals surface area contributed by atoms with Crippen LogP contribution in [-0.4, -0.2) is 113 Å². The van der Waals surface area contributed by atoms with Gasteiger partial charge in [-0.1, -0.05) is 90.2 Å². The number of carbonyl (C=O) groups is 6. The van der Waals surface area contributed by atoms with E-state index in [4.69, 9.17) is 54.8 Å². The smallest absolute Gasteiger partial charge is 0.404 e. The third kappa shape index (κ3) is 31.5. The molecule has 1 rings (SSSR count). The monoisotopic (exact) mass is 833 g/mol. The normalized spacial score (nSPS) is 22.2. The number of hydrogen-bond acceptors (Lipinski definition) is 12. The summed E-state index contributed by atoms with van der Waals surface area (Å²) in [6, 6.07) is 0. The lowest BCUT2D eigenvalue weighted by molar-refractivity contribution is -0.179. The number of cyclic esters (lactones) is 1. The number of ether oxygens (including phenoxy) is 2. The number of amides is 1. The molecule has 10 N–H and O–H groups in total. The predicted molar refractivity (Wildman–Crippen MR) is 217 cm³/mol. The third-order valence-electron chi connectivity index (χ3n) is 8.62. The van der Waals surface area contributed by atoms with Crippen molar-refractivity contribution in [1.29, 1.82) is 0 Å². The van der Waals surface area contributed by atoms with Crippen LogP contribution in [0, 0.1) is 41.4 Å². The van der Waals surface area contributed by atoms with Gasteiger partial charge in [-0.2, -0.15) is 0 Å². The summed E-state index contributed by atoms with van der Waals surface area (Å²) in [4.78, 5) is 59.5. The summed E-state index contributed by atoms with van der Waals surface area (Å²) in [5.74, 6) is -5.86. The lowest BCUT2D eigenvalue weighted by atomic mass is 9.81. The van der Waals surface area contributed by atoms with Gasteiger partial charge in [0.15, 0.2) is 0 Å². The van der Waals surface area contributed by atoms with E-state index in [1.807, 2.05) is 53.7 Å². The zero-order valence-electron chi connectivity index (χ0n) is 36.0. The topological polar surface area (TPSA) is 309 Å². The van der Waals surface area contributed by atoms with E-state index in [9.17, 15) is 30.0 Å². The number of aliphatic hydroxyl groups is 4. The summed E-state index contributed by atoms with van der Waals surface area (Å²) in [5.41, 5.74) is 6.30. The molecule has 0 radical (unpaired) electrons. The van der Waals surface area contributed by atoms with Crippen LogP contribution in [0.4, 0.5) is 4.79 Å². The number of nitrogens with two attached hydrogens (primary N) is 1. The van der Waals surface area contributed by atoms with Gasteiger partial charge in [-0.15, -0.1) is 0 Å². The van der Waals surface area contributed by atoms with E-state index in [0.29, 0.717) is 6.42 Å². The van der Waals surface area contributed by atoms with E-state index in [-0.39, 0.29) is 41.9 Å². The van der Waals surface area contributed by atoms with E-state index in [2.05, 4.69) is 6.58 Å². The van der Waals surface area contributed by atoms with Crippen LogP contribution in [0.2, 0.25) is 0 Å². The van der Waals surface area contributed by atoms with E-state index in [1.54, 1.807) is 38.2 Å². The number of aliphatic hydroxyl groups excluding tert-OH is 4. The van der Waals surface area contributed by atoms with Gasteiger partial charge in [0.2, 0.25) is 0 Å². The fraction of sp³-hybridized carbons (Fsp3) is 0.659. The Bertz CT molecular complexity index is 1280. The van der Waals surface area contributed by atoms with Crippen molar-refractivity contribution in [2.45, 2.75) is 133 Å². The molecule has 1 fully saturated rings. The van der Waals surface area contributed by atoms with Crippen LogP contribution >= 0.6 is 0 Å². The number of primary amides is 1. The first-order valence-corrected chi connectivity index (χ1v) is 18.8. The number of carboxylic acids is 4. The van der Waals surface area contributed by atoms with Crippen LogP contribution in [0.15, 0.2) is 48.6 Å². The summed E-state index contributed by atoms with van der Waals surface area (Å²) in [6.45, 7) is 22.8. The number of carbonyl (C=O) groups excluding carboxylic acids is 2. The van der Waals surface area contributed by atoms with Crippen LogP contribution in [0.25, 0.3) is 0 Å². The SMILES string of the molecule is C=C/C=C\[C@H](C)[C@H](OC(N)=O)[C@@H](C)[C@H](O)[C@@H](C)C/C(C)=C\[C@H](C)[C@@H](O)[C@@H](C)/C=C\[C@@H](O)C[C@@H]1OC(=O)[C@H](C)[C@@H](O)[C@H]1C.CC(=O)O.CC(=O)O.CC(=O)O.CC(=O)O. The largest absolute Gasteiger partial charge is 0.481 e. The molecule has 1 saturated heterocycles. The molecule has 1 aliphatic heterocycles. The highest BCUT2D eigenvalue weighted by molar-refractivity contribution is 5.73. The van der Waals surface area contributed by atoms with Crippen LogP contribution < -0.4 is 5.73 Å². The zero-order chi connectivity index (χ0) is 46.6. The first-order chi connectivity index (χ1) is 26.4. The molecule has 1 amide bonds. The molecular formula is C41H71NO16. The Labute approximate surface area is 342 Å². The minimum Gasteiger partial charge on any atom is -0.481 e. The van der Waals surface area contributed by atoms with Gasteiger partial charge in [0.1, 0.15) is 12.2 Å². The summed E-state index contributed by atoms with van der Waals surface area (Å²) in [5, 5.41) is 72.5.